The van der Waals surface area contributed by atoms with Gasteiger partial charge in [-0.05, 0) is 89.9 Å². The van der Waals surface area contributed by atoms with Crippen LogP contribution < -0.4 is 5.32 Å². The van der Waals surface area contributed by atoms with E-state index < -0.39 is 67.4 Å². The van der Waals surface area contributed by atoms with Gasteiger partial charge in [0.25, 0.3) is 0 Å². The Labute approximate surface area is 443 Å². The van der Waals surface area contributed by atoms with E-state index in [1.54, 1.807) is 6.08 Å². The lowest BCUT2D eigenvalue weighted by Crippen LogP contribution is -2.61. The van der Waals surface area contributed by atoms with Crippen LogP contribution in [0.4, 0.5) is 0 Å². The van der Waals surface area contributed by atoms with Crippen LogP contribution in [-0.4, -0.2) is 99.6 Å². The number of rotatable bonds is 46. The summed E-state index contributed by atoms with van der Waals surface area (Å²) in [4.78, 5) is 26.4. The normalized spacial score (nSPS) is 20.2. The molecule has 0 spiro atoms. The van der Waals surface area contributed by atoms with Gasteiger partial charge in [-0.2, -0.15) is 0 Å². The lowest BCUT2D eigenvalue weighted by molar-refractivity contribution is -0.305. The Morgan fingerprint density at radius 2 is 1.04 bits per heavy atom. The van der Waals surface area contributed by atoms with Crippen molar-refractivity contribution in [1.29, 1.82) is 0 Å². The van der Waals surface area contributed by atoms with Crippen molar-refractivity contribution in [3.63, 3.8) is 0 Å². The molecule has 0 aliphatic carbocycles. The van der Waals surface area contributed by atoms with Crippen LogP contribution in [0.5, 0.6) is 0 Å². The highest BCUT2D eigenvalue weighted by molar-refractivity contribution is 5.80. The summed E-state index contributed by atoms with van der Waals surface area (Å²) in [5.41, 5.74) is 0. The Kier molecular flexibility index (Phi) is 45.4. The number of unbranched alkanes of at least 4 members (excludes halogenated alkanes) is 19. The van der Waals surface area contributed by atoms with E-state index in [4.69, 9.17) is 14.2 Å². The highest BCUT2D eigenvalue weighted by atomic mass is 16.7. The number of ether oxygens (including phenoxy) is 3. The zero-order valence-corrected chi connectivity index (χ0v) is 45.7. The van der Waals surface area contributed by atoms with Crippen molar-refractivity contribution in [2.24, 2.45) is 0 Å². The Bertz CT molecular complexity index is 1600. The molecule has 0 aromatic heterocycles. The average molecular weight is 1020 g/mol. The van der Waals surface area contributed by atoms with Gasteiger partial charge in [-0.3, -0.25) is 9.59 Å². The van der Waals surface area contributed by atoms with E-state index in [-0.39, 0.29) is 19.4 Å². The van der Waals surface area contributed by atoms with Gasteiger partial charge in [0.1, 0.15) is 24.4 Å². The molecule has 8 unspecified atom stereocenters. The van der Waals surface area contributed by atoms with Gasteiger partial charge in [-0.1, -0.05) is 220 Å². The fourth-order valence-electron chi connectivity index (χ4n) is 8.17. The number of nitrogens with one attached hydrogen (secondary N) is 1. The highest BCUT2D eigenvalue weighted by Crippen LogP contribution is 2.26. The monoisotopic (exact) mass is 1020 g/mol. The predicted molar refractivity (Wildman–Crippen MR) is 301 cm³/mol. The predicted octanol–water partition coefficient (Wildman–Crippen LogP) is 12.9. The summed E-state index contributed by atoms with van der Waals surface area (Å²) in [6, 6.07) is -1.05. The Balaban J connectivity index is 2.77. The van der Waals surface area contributed by atoms with Crippen LogP contribution in [0.15, 0.2) is 109 Å². The molecule has 0 radical (unpaired) electrons. The summed E-state index contributed by atoms with van der Waals surface area (Å²) in [6.45, 7) is 5.55. The number of amides is 1. The van der Waals surface area contributed by atoms with Crippen molar-refractivity contribution < 1.29 is 49.3 Å². The minimum absolute atomic E-state index is 0.0870. The van der Waals surface area contributed by atoms with E-state index in [1.165, 1.54) is 57.8 Å². The number of allylic oxidation sites excluding steroid dienone is 17. The first-order valence-electron chi connectivity index (χ1n) is 28.7. The van der Waals surface area contributed by atoms with Crippen molar-refractivity contribution in [3.05, 3.63) is 109 Å². The minimum Gasteiger partial charge on any atom is -0.454 e. The van der Waals surface area contributed by atoms with Gasteiger partial charge in [0.05, 0.1) is 25.4 Å². The van der Waals surface area contributed by atoms with Crippen molar-refractivity contribution in [1.82, 2.24) is 5.32 Å². The van der Waals surface area contributed by atoms with Crippen LogP contribution in [0.1, 0.15) is 207 Å². The van der Waals surface area contributed by atoms with E-state index in [1.807, 2.05) is 42.5 Å². The SMILES string of the molecule is CC/C=C/C=C/C=C/C=C\CCCCCCCC(=O)OC1C(OCC(NC(=O)C(O)CCCC/C=C\C/C=C\C/C=C\C/C=C\CCCCC)C(O)/C=C/CCCCCCCCCCC)OC(CO)C(O)C1O. The zero-order valence-electron chi connectivity index (χ0n) is 45.7. The van der Waals surface area contributed by atoms with Crippen LogP contribution in [0, 0.1) is 0 Å². The van der Waals surface area contributed by atoms with Crippen LogP contribution >= 0.6 is 0 Å². The molecule has 416 valence electrons. The molecule has 6 N–H and O–H groups in total. The molecule has 1 fully saturated rings. The first-order chi connectivity index (χ1) is 35.7. The van der Waals surface area contributed by atoms with Gasteiger partial charge >= 0.3 is 5.97 Å². The summed E-state index contributed by atoms with van der Waals surface area (Å²) in [5.74, 6) is -1.26. The van der Waals surface area contributed by atoms with Crippen LogP contribution in [0.3, 0.4) is 0 Å². The Hall–Kier alpha value is -3.68. The van der Waals surface area contributed by atoms with Crippen molar-refractivity contribution >= 4 is 11.9 Å². The minimum atomic E-state index is -1.64. The van der Waals surface area contributed by atoms with E-state index in [2.05, 4.69) is 86.8 Å². The molecular formula is C62H103NO10. The highest BCUT2D eigenvalue weighted by Gasteiger charge is 2.47. The third-order valence-corrected chi connectivity index (χ3v) is 12.8. The molecule has 0 bridgehead atoms. The number of hydrogen-bond acceptors (Lipinski definition) is 10. The maximum Gasteiger partial charge on any atom is 0.306 e. The zero-order chi connectivity index (χ0) is 53.3. The molecule has 1 aliphatic rings. The van der Waals surface area contributed by atoms with Gasteiger partial charge in [0, 0.05) is 6.42 Å². The molecule has 73 heavy (non-hydrogen) atoms. The second-order valence-electron chi connectivity index (χ2n) is 19.4. The summed E-state index contributed by atoms with van der Waals surface area (Å²) in [6.07, 6.45) is 55.6. The van der Waals surface area contributed by atoms with E-state index >= 15 is 0 Å². The molecular weight excluding hydrogens is 919 g/mol. The largest absolute Gasteiger partial charge is 0.454 e. The molecule has 0 aromatic rings. The van der Waals surface area contributed by atoms with Gasteiger partial charge in [-0.25, -0.2) is 0 Å². The maximum atomic E-state index is 13.4. The fourth-order valence-corrected chi connectivity index (χ4v) is 8.17. The molecule has 8 atom stereocenters. The van der Waals surface area contributed by atoms with Crippen molar-refractivity contribution in [3.8, 4) is 0 Å². The molecule has 11 nitrogen and oxygen atoms in total. The lowest BCUT2D eigenvalue weighted by Gasteiger charge is -2.41. The second-order valence-corrected chi connectivity index (χ2v) is 19.4. The first kappa shape index (κ1) is 67.3. The first-order valence-corrected chi connectivity index (χ1v) is 28.7. The van der Waals surface area contributed by atoms with E-state index in [0.717, 1.165) is 103 Å². The summed E-state index contributed by atoms with van der Waals surface area (Å²) >= 11 is 0. The quantitative estimate of drug-likeness (QED) is 0.0149. The second kappa shape index (κ2) is 49.2. The van der Waals surface area contributed by atoms with Crippen LogP contribution in [-0.2, 0) is 23.8 Å². The van der Waals surface area contributed by atoms with Gasteiger partial charge < -0.3 is 45.1 Å². The van der Waals surface area contributed by atoms with Gasteiger partial charge in [0.15, 0.2) is 12.4 Å². The maximum absolute atomic E-state index is 13.4. The summed E-state index contributed by atoms with van der Waals surface area (Å²) < 4.78 is 17.5. The number of esters is 1. The molecule has 1 amide bonds. The van der Waals surface area contributed by atoms with E-state index in [9.17, 15) is 35.1 Å². The molecule has 0 aromatic carbocycles. The summed E-state index contributed by atoms with van der Waals surface area (Å²) in [7, 11) is 0. The van der Waals surface area contributed by atoms with Crippen LogP contribution in [0.2, 0.25) is 0 Å². The van der Waals surface area contributed by atoms with Gasteiger partial charge in [-0.15, -0.1) is 0 Å². The van der Waals surface area contributed by atoms with Crippen molar-refractivity contribution in [2.45, 2.75) is 256 Å². The fraction of sp³-hybridized carbons (Fsp3) is 0.677. The van der Waals surface area contributed by atoms with Crippen molar-refractivity contribution in [2.75, 3.05) is 13.2 Å². The van der Waals surface area contributed by atoms with Gasteiger partial charge in [0.2, 0.25) is 5.91 Å². The molecule has 0 saturated carbocycles. The molecule has 1 saturated heterocycles. The molecule has 11 heteroatoms. The third-order valence-electron chi connectivity index (χ3n) is 12.8. The topological polar surface area (TPSA) is 175 Å². The Morgan fingerprint density at radius 1 is 0.562 bits per heavy atom. The van der Waals surface area contributed by atoms with Crippen LogP contribution in [0.25, 0.3) is 0 Å². The molecule has 1 rings (SSSR count). The Morgan fingerprint density at radius 3 is 1.63 bits per heavy atom. The number of carbonyl (C=O) groups is 2. The average Bonchev–Trinajstić information content (AvgIpc) is 3.39. The number of aliphatic hydroxyl groups excluding tert-OH is 5. The standard InChI is InChI=1S/C62H103NO10/c1-4-7-10-13-16-19-22-24-26-27-28-30-31-34-37-40-43-46-49-55(66)61(70)63-53(54(65)48-45-42-39-36-33-21-18-15-12-9-6-3)52-71-62-60(59(69)58(68)56(51-64)72-62)73-57(67)50-47-44-41-38-35-32-29-25-23-20-17-14-11-8-5-2/h8,11,14,16-17,19-20,23-26,28-30,34,37,45,48,53-56,58-60,62,64-66,68-69H,4-7,9-10,12-13,15,18,21-22,27,31-33,35-36,38-44,46-47,49-52H2,1-3H3,(H,63,70)/b11-8+,17-14+,19-16-,23-20+,26-24-,29-25-,30-28-,37-34-,48-45+. The number of carbonyl (C=O) groups excluding carboxylic acids is 2. The smallest absolute Gasteiger partial charge is 0.306 e. The number of hydrogen-bond donors (Lipinski definition) is 6. The number of aliphatic hydroxyl groups is 5. The summed E-state index contributed by atoms with van der Waals surface area (Å²) in [5, 5.41) is 56.8. The lowest BCUT2D eigenvalue weighted by atomic mass is 9.99. The molecule has 1 heterocycles. The third kappa shape index (κ3) is 37.7. The molecule has 1 aliphatic heterocycles. The van der Waals surface area contributed by atoms with E-state index in [0.29, 0.717) is 12.8 Å².